The minimum Gasteiger partial charge on any atom is -0.394 e. The zero-order valence-electron chi connectivity index (χ0n) is 9.80. The molecular weight excluding hydrogens is 216 g/mol. The maximum atomic E-state index is 9.50. The van der Waals surface area contributed by atoms with Crippen molar-refractivity contribution < 1.29 is 5.11 Å². The summed E-state index contributed by atoms with van der Waals surface area (Å²) in [6.45, 7) is 3.30. The van der Waals surface area contributed by atoms with Crippen LogP contribution in [0, 0.1) is 5.92 Å². The first-order chi connectivity index (χ1) is 8.31. The van der Waals surface area contributed by atoms with Crippen molar-refractivity contribution in [2.75, 3.05) is 18.1 Å². The molecule has 3 rings (SSSR count). The van der Waals surface area contributed by atoms with Gasteiger partial charge >= 0.3 is 0 Å². The lowest BCUT2D eigenvalue weighted by Crippen LogP contribution is -2.35. The number of hydrogen-bond acceptors (Lipinski definition) is 4. The van der Waals surface area contributed by atoms with Crippen LogP contribution in [0.4, 0.5) is 5.82 Å². The van der Waals surface area contributed by atoms with Crippen molar-refractivity contribution in [2.24, 2.45) is 5.92 Å². The number of aliphatic hydroxyl groups excluding tert-OH is 1. The Kier molecular flexibility index (Phi) is 2.48. The van der Waals surface area contributed by atoms with Crippen LogP contribution in [0.15, 0.2) is 18.6 Å². The van der Waals surface area contributed by atoms with Gasteiger partial charge in [-0.25, -0.2) is 9.97 Å². The Morgan fingerprint density at radius 1 is 1.53 bits per heavy atom. The van der Waals surface area contributed by atoms with E-state index in [1.165, 1.54) is 0 Å². The van der Waals surface area contributed by atoms with Crippen LogP contribution in [0.3, 0.4) is 0 Å². The molecule has 0 saturated carbocycles. The molecule has 0 amide bonds. The lowest BCUT2D eigenvalue weighted by molar-refractivity contribution is 0.244. The number of fused-ring (bicyclic) bond motifs is 1. The first-order valence-corrected chi connectivity index (χ1v) is 5.97. The van der Waals surface area contributed by atoms with Crippen LogP contribution in [0.1, 0.15) is 13.3 Å². The summed E-state index contributed by atoms with van der Waals surface area (Å²) >= 11 is 0. The molecule has 1 aliphatic heterocycles. The van der Waals surface area contributed by atoms with Gasteiger partial charge in [-0.05, 0) is 18.4 Å². The molecule has 5 nitrogen and oxygen atoms in total. The quantitative estimate of drug-likeness (QED) is 0.815. The van der Waals surface area contributed by atoms with Crippen LogP contribution < -0.4 is 4.90 Å². The monoisotopic (exact) mass is 232 g/mol. The van der Waals surface area contributed by atoms with E-state index in [2.05, 4.69) is 26.8 Å². The molecular formula is C12H16N4O. The molecule has 0 bridgehead atoms. The topological polar surface area (TPSA) is 65.0 Å². The normalized spacial score (nSPS) is 24.7. The van der Waals surface area contributed by atoms with Gasteiger partial charge in [0.25, 0.3) is 0 Å². The molecule has 0 aliphatic carbocycles. The zero-order chi connectivity index (χ0) is 11.8. The molecule has 17 heavy (non-hydrogen) atoms. The van der Waals surface area contributed by atoms with Crippen molar-refractivity contribution in [2.45, 2.75) is 19.4 Å². The van der Waals surface area contributed by atoms with Gasteiger partial charge in [0.2, 0.25) is 0 Å². The molecule has 2 aromatic rings. The van der Waals surface area contributed by atoms with Gasteiger partial charge in [-0.2, -0.15) is 0 Å². The molecule has 3 heterocycles. The summed E-state index contributed by atoms with van der Waals surface area (Å²) in [6, 6.07) is 2.16. The summed E-state index contributed by atoms with van der Waals surface area (Å²) in [6.07, 6.45) is 4.54. The molecule has 2 aromatic heterocycles. The fraction of sp³-hybridized carbons (Fsp3) is 0.500. The lowest BCUT2D eigenvalue weighted by atomic mass is 10.0. The van der Waals surface area contributed by atoms with Crippen LogP contribution in [0.2, 0.25) is 0 Å². The number of aliphatic hydroxyl groups is 1. The molecule has 2 N–H and O–H groups in total. The van der Waals surface area contributed by atoms with Crippen molar-refractivity contribution in [1.29, 1.82) is 0 Å². The van der Waals surface area contributed by atoms with Crippen molar-refractivity contribution in [1.82, 2.24) is 15.0 Å². The Labute approximate surface area is 99.5 Å². The second kappa shape index (κ2) is 4.00. The maximum absolute atomic E-state index is 9.50. The van der Waals surface area contributed by atoms with Crippen molar-refractivity contribution in [3.05, 3.63) is 18.6 Å². The number of hydrogen-bond donors (Lipinski definition) is 2. The van der Waals surface area contributed by atoms with Gasteiger partial charge in [-0.3, -0.25) is 0 Å². The maximum Gasteiger partial charge on any atom is 0.142 e. The summed E-state index contributed by atoms with van der Waals surface area (Å²) < 4.78 is 0. The number of aromatic amines is 1. The third-order valence-corrected chi connectivity index (χ3v) is 3.67. The van der Waals surface area contributed by atoms with Crippen LogP contribution in [0.25, 0.3) is 11.0 Å². The van der Waals surface area contributed by atoms with E-state index < -0.39 is 0 Å². The Balaban J connectivity index is 2.06. The molecule has 1 fully saturated rings. The van der Waals surface area contributed by atoms with Gasteiger partial charge < -0.3 is 15.0 Å². The Bertz CT molecular complexity index is 524. The summed E-state index contributed by atoms with van der Waals surface area (Å²) in [5.41, 5.74) is 0.853. The lowest BCUT2D eigenvalue weighted by Gasteiger charge is -2.26. The molecule has 1 aliphatic rings. The molecule has 1 saturated heterocycles. The number of nitrogens with one attached hydrogen (secondary N) is 1. The molecule has 90 valence electrons. The average Bonchev–Trinajstić information content (AvgIpc) is 2.94. The fourth-order valence-corrected chi connectivity index (χ4v) is 2.64. The Morgan fingerprint density at radius 3 is 3.24 bits per heavy atom. The van der Waals surface area contributed by atoms with E-state index in [1.54, 1.807) is 6.33 Å². The third-order valence-electron chi connectivity index (χ3n) is 3.67. The third kappa shape index (κ3) is 1.58. The fourth-order valence-electron chi connectivity index (χ4n) is 2.64. The standard InChI is InChI=1S/C12H16N4O/c1-8-3-5-16(10(8)6-17)12-9-2-4-13-11(9)14-7-15-12/h2,4,7-8,10,17H,3,5-6H2,1H3,(H,13,14,15)/t8-,10+/m0/s1. The predicted octanol–water partition coefficient (Wildman–Crippen LogP) is 1.16. The van der Waals surface area contributed by atoms with E-state index in [-0.39, 0.29) is 12.6 Å². The van der Waals surface area contributed by atoms with Gasteiger partial charge in [0.05, 0.1) is 18.0 Å². The highest BCUT2D eigenvalue weighted by Gasteiger charge is 2.32. The molecule has 0 radical (unpaired) electrons. The van der Waals surface area contributed by atoms with E-state index >= 15 is 0 Å². The van der Waals surface area contributed by atoms with Gasteiger partial charge in [-0.15, -0.1) is 0 Å². The van der Waals surface area contributed by atoms with Gasteiger partial charge in [-0.1, -0.05) is 6.92 Å². The smallest absolute Gasteiger partial charge is 0.142 e. The van der Waals surface area contributed by atoms with Crippen LogP contribution in [-0.2, 0) is 0 Å². The number of rotatable bonds is 2. The highest BCUT2D eigenvalue weighted by Crippen LogP contribution is 2.31. The average molecular weight is 232 g/mol. The van der Waals surface area contributed by atoms with Crippen molar-refractivity contribution in [3.8, 4) is 0 Å². The molecule has 5 heteroatoms. The number of aromatic nitrogens is 3. The molecule has 2 atom stereocenters. The Morgan fingerprint density at radius 2 is 2.41 bits per heavy atom. The minimum absolute atomic E-state index is 0.169. The highest BCUT2D eigenvalue weighted by atomic mass is 16.3. The van der Waals surface area contributed by atoms with E-state index in [0.717, 1.165) is 29.8 Å². The second-order valence-electron chi connectivity index (χ2n) is 4.65. The van der Waals surface area contributed by atoms with Crippen molar-refractivity contribution >= 4 is 16.9 Å². The molecule has 0 unspecified atom stereocenters. The summed E-state index contributed by atoms with van der Waals surface area (Å²) in [5.74, 6) is 1.43. The second-order valence-corrected chi connectivity index (χ2v) is 4.65. The number of anilines is 1. The highest BCUT2D eigenvalue weighted by molar-refractivity contribution is 5.87. The van der Waals surface area contributed by atoms with Gasteiger partial charge in [0.15, 0.2) is 0 Å². The van der Waals surface area contributed by atoms with Crippen LogP contribution >= 0.6 is 0 Å². The van der Waals surface area contributed by atoms with E-state index in [0.29, 0.717) is 5.92 Å². The number of nitrogens with zero attached hydrogens (tertiary/aromatic N) is 3. The molecule has 0 spiro atoms. The summed E-state index contributed by atoms with van der Waals surface area (Å²) in [7, 11) is 0. The predicted molar refractivity (Wildman–Crippen MR) is 65.9 cm³/mol. The van der Waals surface area contributed by atoms with E-state index in [9.17, 15) is 5.11 Å². The molecule has 0 aromatic carbocycles. The summed E-state index contributed by atoms with van der Waals surface area (Å²) in [5, 5.41) is 10.5. The minimum atomic E-state index is 0.169. The van der Waals surface area contributed by atoms with E-state index in [4.69, 9.17) is 0 Å². The SMILES string of the molecule is C[C@H]1CCN(c2ncnc3[nH]ccc23)[C@@H]1CO. The largest absolute Gasteiger partial charge is 0.394 e. The zero-order valence-corrected chi connectivity index (χ0v) is 9.80. The Hall–Kier alpha value is -1.62. The van der Waals surface area contributed by atoms with E-state index in [1.807, 2.05) is 12.3 Å². The summed E-state index contributed by atoms with van der Waals surface area (Å²) in [4.78, 5) is 13.8. The number of H-pyrrole nitrogens is 1. The van der Waals surface area contributed by atoms with Crippen LogP contribution in [-0.4, -0.2) is 39.3 Å². The van der Waals surface area contributed by atoms with Gasteiger partial charge in [0.1, 0.15) is 17.8 Å². The van der Waals surface area contributed by atoms with Gasteiger partial charge in [0, 0.05) is 12.7 Å². The van der Waals surface area contributed by atoms with Crippen molar-refractivity contribution in [3.63, 3.8) is 0 Å². The first-order valence-electron chi connectivity index (χ1n) is 5.97. The van der Waals surface area contributed by atoms with Crippen LogP contribution in [0.5, 0.6) is 0 Å². The first kappa shape index (κ1) is 10.5.